The second kappa shape index (κ2) is 10.2. The summed E-state index contributed by atoms with van der Waals surface area (Å²) >= 11 is 0. The summed E-state index contributed by atoms with van der Waals surface area (Å²) in [6.45, 7) is 2.08. The average Bonchev–Trinajstić information content (AvgIpc) is 2.42. The van der Waals surface area contributed by atoms with Crippen LogP contribution in [0.15, 0.2) is 48.5 Å². The molecule has 91 valence electrons. The molecule has 0 aromatic heterocycles. The van der Waals surface area contributed by atoms with Crippen LogP contribution in [0.5, 0.6) is 0 Å². The minimum atomic E-state index is 0. The van der Waals surface area contributed by atoms with E-state index in [-0.39, 0.29) is 32.7 Å². The Labute approximate surface area is 134 Å². The van der Waals surface area contributed by atoms with Crippen molar-refractivity contribution in [2.24, 2.45) is 0 Å². The van der Waals surface area contributed by atoms with Crippen LogP contribution in [-0.2, 0) is 32.7 Å². The molecule has 2 aromatic rings. The maximum atomic E-state index is 7.00. The first kappa shape index (κ1) is 17.2. The van der Waals surface area contributed by atoms with Crippen molar-refractivity contribution in [1.29, 1.82) is 0 Å². The Morgan fingerprint density at radius 3 is 2.28 bits per heavy atom. The van der Waals surface area contributed by atoms with Crippen molar-refractivity contribution in [2.45, 2.75) is 6.92 Å². The fourth-order valence-corrected chi connectivity index (χ4v) is 1.31. The van der Waals surface area contributed by atoms with Crippen molar-refractivity contribution < 1.29 is 37.8 Å². The molecule has 0 unspecified atom stereocenters. The first-order valence-electron chi connectivity index (χ1n) is 5.42. The maximum absolute atomic E-state index is 7.00. The molecule has 0 fully saturated rings. The molecule has 1 N–H and O–H groups in total. The summed E-state index contributed by atoms with van der Waals surface area (Å²) in [7, 11) is 1.00. The predicted molar refractivity (Wildman–Crippen MR) is 71.4 cm³/mol. The van der Waals surface area contributed by atoms with Crippen LogP contribution in [0.2, 0.25) is 0 Å². The van der Waals surface area contributed by atoms with Gasteiger partial charge in [-0.05, 0) is 6.92 Å². The van der Waals surface area contributed by atoms with Gasteiger partial charge in [0, 0.05) is 39.8 Å². The van der Waals surface area contributed by atoms with Gasteiger partial charge in [-0.25, -0.2) is 11.6 Å². The second-order valence-electron chi connectivity index (χ2n) is 3.47. The number of rotatable bonds is 2. The van der Waals surface area contributed by atoms with E-state index in [4.69, 9.17) is 5.11 Å². The van der Waals surface area contributed by atoms with Crippen LogP contribution >= 0.6 is 0 Å². The topological polar surface area (TPSA) is 20.2 Å². The molecule has 0 aliphatic heterocycles. The van der Waals surface area contributed by atoms with E-state index < -0.39 is 0 Å². The van der Waals surface area contributed by atoms with Gasteiger partial charge in [-0.15, -0.1) is 30.3 Å². The predicted octanol–water partition coefficient (Wildman–Crippen LogP) is 3.27. The molecule has 0 atom stereocenters. The van der Waals surface area contributed by atoms with Gasteiger partial charge >= 0.3 is 0 Å². The van der Waals surface area contributed by atoms with E-state index in [1.807, 2.05) is 30.3 Å². The Kier molecular flexibility index (Phi) is 9.76. The fraction of sp³-hybridized carbons (Fsp3) is 0.125. The second-order valence-corrected chi connectivity index (χ2v) is 3.47. The van der Waals surface area contributed by atoms with E-state index in [1.54, 1.807) is 0 Å². The molecule has 0 saturated heterocycles. The third kappa shape index (κ3) is 6.25. The van der Waals surface area contributed by atoms with Crippen molar-refractivity contribution in [3.8, 4) is 0 Å². The van der Waals surface area contributed by atoms with Crippen molar-refractivity contribution in [1.82, 2.24) is 0 Å². The first-order valence-corrected chi connectivity index (χ1v) is 5.42. The van der Waals surface area contributed by atoms with Gasteiger partial charge in [0.1, 0.15) is 0 Å². The molecule has 0 spiro atoms. The van der Waals surface area contributed by atoms with Crippen LogP contribution in [0.3, 0.4) is 0 Å². The Balaban J connectivity index is 0.000000917. The molecule has 2 heteroatoms. The van der Waals surface area contributed by atoms with Crippen LogP contribution in [0.25, 0.3) is 6.08 Å². The SMILES string of the molecule is CO.Cc1ccc([C-]=Cc2[c-]cccc2)cc1.[Y]. The average molecular weight is 313 g/mol. The van der Waals surface area contributed by atoms with Gasteiger partial charge in [0.25, 0.3) is 0 Å². The molecule has 2 aromatic carbocycles. The quantitative estimate of drug-likeness (QED) is 0.666. The van der Waals surface area contributed by atoms with E-state index in [0.717, 1.165) is 18.2 Å². The zero-order chi connectivity index (χ0) is 12.5. The minimum absolute atomic E-state index is 0. The Morgan fingerprint density at radius 1 is 1.06 bits per heavy atom. The third-order valence-electron chi connectivity index (χ3n) is 2.18. The van der Waals surface area contributed by atoms with Crippen molar-refractivity contribution in [2.75, 3.05) is 7.11 Å². The van der Waals surface area contributed by atoms with E-state index in [1.165, 1.54) is 5.56 Å². The molecular weight excluding hydrogens is 297 g/mol. The molecule has 0 heterocycles. The van der Waals surface area contributed by atoms with Crippen molar-refractivity contribution >= 4 is 6.08 Å². The summed E-state index contributed by atoms with van der Waals surface area (Å²) in [6, 6.07) is 19.3. The number of aryl methyl sites for hydroxylation is 1. The normalized spacial score (nSPS) is 9.28. The van der Waals surface area contributed by atoms with Gasteiger partial charge in [0.15, 0.2) is 0 Å². The van der Waals surface area contributed by atoms with Gasteiger partial charge in [-0.3, -0.25) is 0 Å². The molecule has 0 aliphatic rings. The minimum Gasteiger partial charge on any atom is -0.400 e. The zero-order valence-electron chi connectivity index (χ0n) is 10.7. The molecule has 1 radical (unpaired) electrons. The van der Waals surface area contributed by atoms with E-state index in [9.17, 15) is 0 Å². The number of aliphatic hydroxyl groups is 1. The van der Waals surface area contributed by atoms with Crippen molar-refractivity contribution in [3.05, 3.63) is 77.4 Å². The number of hydrogen-bond acceptors (Lipinski definition) is 1. The molecule has 0 bridgehead atoms. The molecular formula is C16H16OY-2. The van der Waals surface area contributed by atoms with Crippen LogP contribution in [0, 0.1) is 19.1 Å². The largest absolute Gasteiger partial charge is 0.400 e. The van der Waals surface area contributed by atoms with Crippen molar-refractivity contribution in [3.63, 3.8) is 0 Å². The molecule has 18 heavy (non-hydrogen) atoms. The van der Waals surface area contributed by atoms with Gasteiger partial charge in [-0.1, -0.05) is 5.56 Å². The molecule has 0 aliphatic carbocycles. The summed E-state index contributed by atoms with van der Waals surface area (Å²) < 4.78 is 0. The van der Waals surface area contributed by atoms with Gasteiger partial charge in [-0.2, -0.15) is 35.9 Å². The maximum Gasteiger partial charge on any atom is 0.0319 e. The van der Waals surface area contributed by atoms with E-state index in [2.05, 4.69) is 43.3 Å². The molecule has 0 amide bonds. The van der Waals surface area contributed by atoms with Crippen LogP contribution in [0.4, 0.5) is 0 Å². The third-order valence-corrected chi connectivity index (χ3v) is 2.18. The number of benzene rings is 2. The standard InChI is InChI=1S/C15H12.CH4O.Y/c1-13-7-9-15(10-8-13)12-11-14-5-3-2-4-6-14;1-2;/h2-5,7-11H,1H3;2H,1H3;/q-2;;. The van der Waals surface area contributed by atoms with Gasteiger partial charge < -0.3 is 5.11 Å². The van der Waals surface area contributed by atoms with Crippen LogP contribution in [0.1, 0.15) is 16.7 Å². The van der Waals surface area contributed by atoms with Crippen LogP contribution < -0.4 is 0 Å². The number of hydrogen-bond donors (Lipinski definition) is 1. The number of aliphatic hydroxyl groups excluding tert-OH is 1. The van der Waals surface area contributed by atoms with Gasteiger partial charge in [0.05, 0.1) is 0 Å². The van der Waals surface area contributed by atoms with Crippen LogP contribution in [-0.4, -0.2) is 12.2 Å². The first-order chi connectivity index (χ1) is 8.34. The molecule has 2 rings (SSSR count). The Bertz CT molecular complexity index is 446. The Hall–Kier alpha value is -0.756. The fourth-order valence-electron chi connectivity index (χ4n) is 1.31. The smallest absolute Gasteiger partial charge is 0.0319 e. The van der Waals surface area contributed by atoms with E-state index >= 15 is 0 Å². The Morgan fingerprint density at radius 2 is 1.72 bits per heavy atom. The molecule has 1 nitrogen and oxygen atoms in total. The monoisotopic (exact) mass is 313 g/mol. The summed E-state index contributed by atoms with van der Waals surface area (Å²) in [5.74, 6) is 0. The van der Waals surface area contributed by atoms with E-state index in [0.29, 0.717) is 0 Å². The summed E-state index contributed by atoms with van der Waals surface area (Å²) in [5, 5.41) is 7.00. The summed E-state index contributed by atoms with van der Waals surface area (Å²) in [5.41, 5.74) is 3.42. The summed E-state index contributed by atoms with van der Waals surface area (Å²) in [6.07, 6.45) is 5.18. The zero-order valence-corrected chi connectivity index (χ0v) is 13.6. The summed E-state index contributed by atoms with van der Waals surface area (Å²) in [4.78, 5) is 0. The van der Waals surface area contributed by atoms with Gasteiger partial charge in [0.2, 0.25) is 0 Å². The molecule has 0 saturated carbocycles.